The Morgan fingerprint density at radius 3 is 2.70 bits per heavy atom. The van der Waals surface area contributed by atoms with Crippen molar-refractivity contribution in [3.63, 3.8) is 0 Å². The lowest BCUT2D eigenvalue weighted by Crippen LogP contribution is -1.85. The highest BCUT2D eigenvalue weighted by Gasteiger charge is 2.08. The average Bonchev–Trinajstić information content (AvgIpc) is 1.91. The molecule has 0 spiro atoms. The lowest BCUT2D eigenvalue weighted by atomic mass is 10.3. The van der Waals surface area contributed by atoms with Crippen molar-refractivity contribution in [1.82, 2.24) is 0 Å². The van der Waals surface area contributed by atoms with Crippen LogP contribution in [-0.2, 0) is 0 Å². The van der Waals surface area contributed by atoms with Crippen LogP contribution in [0.15, 0.2) is 27.4 Å². The van der Waals surface area contributed by atoms with Crippen molar-refractivity contribution in [3.8, 4) is 5.75 Å². The average molecular weight is 138 g/mol. The molecule has 0 saturated carbocycles. The van der Waals surface area contributed by atoms with Gasteiger partial charge in [-0.25, -0.2) is 0 Å². The van der Waals surface area contributed by atoms with Crippen LogP contribution in [0.2, 0.25) is 0 Å². The molecule has 52 valence electrons. The summed E-state index contributed by atoms with van der Waals surface area (Å²) >= 11 is 0. The molecule has 0 unspecified atom stereocenters. The van der Waals surface area contributed by atoms with Gasteiger partial charge in [0.2, 0.25) is 5.58 Å². The molecule has 0 aliphatic carbocycles. The smallest absolute Gasteiger partial charge is 0.267 e. The van der Waals surface area contributed by atoms with Gasteiger partial charge in [0.05, 0.1) is 7.11 Å². The van der Waals surface area contributed by atoms with E-state index in [2.05, 4.69) is 9.15 Å². The predicted octanol–water partition coefficient (Wildman–Crippen LogP) is 2.03. The summed E-state index contributed by atoms with van der Waals surface area (Å²) in [5.41, 5.74) is 1.42. The van der Waals surface area contributed by atoms with E-state index in [1.165, 1.54) is 0 Å². The summed E-state index contributed by atoms with van der Waals surface area (Å²) in [6.07, 6.45) is 0. The second-order valence-electron chi connectivity index (χ2n) is 1.95. The van der Waals surface area contributed by atoms with E-state index in [1.54, 1.807) is 7.11 Å². The van der Waals surface area contributed by atoms with Gasteiger partial charge in [-0.05, 0) is 12.1 Å². The molecule has 2 rings (SSSR count). The third kappa shape index (κ3) is 0.543. The molecule has 0 fully saturated rings. The molecule has 2 aromatic rings. The molecule has 1 heterocycles. The monoisotopic (exact) mass is 138 g/mol. The molecule has 3 nitrogen and oxygen atoms in total. The van der Waals surface area contributed by atoms with Crippen molar-refractivity contribution in [2.24, 2.45) is 0 Å². The molecule has 0 N–H and O–H groups in total. The van der Waals surface area contributed by atoms with Gasteiger partial charge in [-0.3, -0.25) is 9.15 Å². The van der Waals surface area contributed by atoms with Crippen LogP contribution in [0.3, 0.4) is 0 Å². The first-order valence-corrected chi connectivity index (χ1v) is 2.93. The van der Waals surface area contributed by atoms with E-state index in [4.69, 9.17) is 4.74 Å². The molecule has 0 aliphatic heterocycles. The summed E-state index contributed by atoms with van der Waals surface area (Å²) in [6.45, 7) is 0. The molecular weight excluding hydrogens is 132 g/mol. The van der Waals surface area contributed by atoms with Gasteiger partial charge in [-0.15, -0.1) is 0 Å². The van der Waals surface area contributed by atoms with Gasteiger partial charge >= 0.3 is 0 Å². The van der Waals surface area contributed by atoms with Crippen LogP contribution in [-0.4, -0.2) is 7.11 Å². The minimum absolute atomic E-state index is 0.685. The molecule has 0 radical (unpaired) electrons. The summed E-state index contributed by atoms with van der Waals surface area (Å²) in [4.78, 5) is 0. The van der Waals surface area contributed by atoms with Gasteiger partial charge in [-0.1, -0.05) is 6.07 Å². The maximum atomic E-state index is 4.97. The normalized spacial score (nSPS) is 10.5. The van der Waals surface area contributed by atoms with Crippen LogP contribution in [0.1, 0.15) is 0 Å². The molecule has 0 aliphatic rings. The van der Waals surface area contributed by atoms with Gasteiger partial charge < -0.3 is 4.74 Å². The highest BCUT2D eigenvalue weighted by atomic mass is 17.0. The van der Waals surface area contributed by atoms with E-state index in [-0.39, 0.29) is 0 Å². The predicted molar refractivity (Wildman–Crippen MR) is 35.0 cm³/mol. The highest BCUT2D eigenvalue weighted by Crippen LogP contribution is 2.27. The second-order valence-corrected chi connectivity index (χ2v) is 1.95. The quantitative estimate of drug-likeness (QED) is 0.565. The van der Waals surface area contributed by atoms with E-state index in [1.807, 2.05) is 18.2 Å². The first-order chi connectivity index (χ1) is 4.92. The Kier molecular flexibility index (Phi) is 0.974. The lowest BCUT2D eigenvalue weighted by molar-refractivity contribution is 0.0565. The number of hydrogen-bond acceptors (Lipinski definition) is 3. The molecule has 0 amide bonds. The first kappa shape index (κ1) is 5.41. The van der Waals surface area contributed by atoms with Crippen LogP contribution in [0, 0.1) is 0 Å². The van der Waals surface area contributed by atoms with E-state index < -0.39 is 0 Å². The van der Waals surface area contributed by atoms with Crippen molar-refractivity contribution in [2.45, 2.75) is 0 Å². The summed E-state index contributed by atoms with van der Waals surface area (Å²) in [5, 5.41) is 0. The molecular formula is C7H6O3. The Bertz CT molecular complexity index is 331. The molecule has 10 heavy (non-hydrogen) atoms. The van der Waals surface area contributed by atoms with Gasteiger partial charge in [0, 0.05) is 0 Å². The Morgan fingerprint density at radius 1 is 1.30 bits per heavy atom. The van der Waals surface area contributed by atoms with E-state index >= 15 is 0 Å². The number of hydrogen-bond donors (Lipinski definition) is 0. The van der Waals surface area contributed by atoms with Crippen LogP contribution in [0.4, 0.5) is 0 Å². The second kappa shape index (κ2) is 1.80. The fourth-order valence-corrected chi connectivity index (χ4v) is 0.857. The van der Waals surface area contributed by atoms with Crippen LogP contribution < -0.4 is 4.74 Å². The number of benzene rings is 1. The fraction of sp³-hybridized carbons (Fsp3) is 0.143. The Morgan fingerprint density at radius 2 is 2.20 bits per heavy atom. The van der Waals surface area contributed by atoms with Gasteiger partial charge in [-0.2, -0.15) is 0 Å². The number of rotatable bonds is 1. The Hall–Kier alpha value is -1.38. The van der Waals surface area contributed by atoms with Gasteiger partial charge in [0.25, 0.3) is 5.58 Å². The molecule has 0 bridgehead atoms. The van der Waals surface area contributed by atoms with Crippen molar-refractivity contribution in [2.75, 3.05) is 7.11 Å². The van der Waals surface area contributed by atoms with Crippen molar-refractivity contribution in [3.05, 3.63) is 18.2 Å². The van der Waals surface area contributed by atoms with Crippen LogP contribution >= 0.6 is 0 Å². The molecule has 1 aromatic carbocycles. The lowest BCUT2D eigenvalue weighted by Gasteiger charge is -2.02. The zero-order valence-electron chi connectivity index (χ0n) is 5.46. The molecule has 1 aromatic heterocycles. The zero-order chi connectivity index (χ0) is 6.97. The SMILES string of the molecule is COc1cccc2ooc12. The number of para-hydroxylation sites is 1. The Labute approximate surface area is 57.1 Å². The summed E-state index contributed by atoms with van der Waals surface area (Å²) in [7, 11) is 1.59. The van der Waals surface area contributed by atoms with Crippen molar-refractivity contribution in [1.29, 1.82) is 0 Å². The van der Waals surface area contributed by atoms with E-state index in [0.29, 0.717) is 11.3 Å². The van der Waals surface area contributed by atoms with Crippen LogP contribution in [0.25, 0.3) is 11.2 Å². The minimum Gasteiger partial charge on any atom is -0.493 e. The van der Waals surface area contributed by atoms with E-state index in [0.717, 1.165) is 5.58 Å². The number of ether oxygens (including phenoxy) is 1. The molecule has 0 atom stereocenters. The number of fused-ring (bicyclic) bond motifs is 1. The third-order valence-corrected chi connectivity index (χ3v) is 1.38. The number of methoxy groups -OCH3 is 1. The topological polar surface area (TPSA) is 35.5 Å². The van der Waals surface area contributed by atoms with Gasteiger partial charge in [0.1, 0.15) is 0 Å². The minimum atomic E-state index is 0.685. The van der Waals surface area contributed by atoms with Crippen LogP contribution in [0.5, 0.6) is 5.75 Å². The largest absolute Gasteiger partial charge is 0.493 e. The standard InChI is InChI=1S/C7H6O3/c1-8-5-3-2-4-6-7(5)10-9-6/h2-4H,1H3. The van der Waals surface area contributed by atoms with Gasteiger partial charge in [0.15, 0.2) is 5.75 Å². The third-order valence-electron chi connectivity index (χ3n) is 1.38. The summed E-state index contributed by atoms with van der Waals surface area (Å²) < 4.78 is 14.3. The molecule has 0 saturated heterocycles. The van der Waals surface area contributed by atoms with E-state index in [9.17, 15) is 0 Å². The highest BCUT2D eigenvalue weighted by molar-refractivity contribution is 5.77. The zero-order valence-corrected chi connectivity index (χ0v) is 5.46. The maximum Gasteiger partial charge on any atom is 0.267 e. The molecule has 3 heteroatoms. The summed E-state index contributed by atoms with van der Waals surface area (Å²) in [5.74, 6) is 0.712. The first-order valence-electron chi connectivity index (χ1n) is 2.93. The van der Waals surface area contributed by atoms with Crippen molar-refractivity contribution >= 4 is 11.2 Å². The fourth-order valence-electron chi connectivity index (χ4n) is 0.857. The summed E-state index contributed by atoms with van der Waals surface area (Å²) in [6, 6.07) is 5.49. The Balaban J connectivity index is 2.67. The van der Waals surface area contributed by atoms with Crippen molar-refractivity contribution < 1.29 is 13.9 Å². The maximum absolute atomic E-state index is 4.97.